The summed E-state index contributed by atoms with van der Waals surface area (Å²) >= 11 is 0. The predicted molar refractivity (Wildman–Crippen MR) is 129 cm³/mol. The van der Waals surface area contributed by atoms with E-state index in [0.29, 0.717) is 5.56 Å². The van der Waals surface area contributed by atoms with Crippen LogP contribution in [0.1, 0.15) is 49.0 Å². The molecule has 1 heterocycles. The van der Waals surface area contributed by atoms with Gasteiger partial charge in [-0.1, -0.05) is 42.5 Å². The number of benzene rings is 2. The Hall–Kier alpha value is -3.47. The quantitative estimate of drug-likeness (QED) is 0.526. The molecule has 2 N–H and O–H groups in total. The monoisotopic (exact) mass is 427 g/mol. The highest BCUT2D eigenvalue weighted by Gasteiger charge is 2.31. The van der Waals surface area contributed by atoms with Crippen molar-refractivity contribution in [1.82, 2.24) is 10.3 Å². The number of nitrogens with zero attached hydrogens (tertiary/aromatic N) is 1. The van der Waals surface area contributed by atoms with E-state index >= 15 is 0 Å². The van der Waals surface area contributed by atoms with Crippen LogP contribution in [0.2, 0.25) is 0 Å². The van der Waals surface area contributed by atoms with Gasteiger partial charge in [0.15, 0.2) is 0 Å². The van der Waals surface area contributed by atoms with Crippen molar-refractivity contribution in [3.05, 3.63) is 84.1 Å². The molecule has 1 aliphatic carbocycles. The van der Waals surface area contributed by atoms with Gasteiger partial charge in [-0.15, -0.1) is 0 Å². The second-order valence-electron chi connectivity index (χ2n) is 8.82. The molecule has 0 saturated heterocycles. The fraction of sp³-hybridized carbons (Fsp3) is 0.296. The molecular formula is C27H29N3O2. The Balaban J connectivity index is 1.36. The van der Waals surface area contributed by atoms with Gasteiger partial charge >= 0.3 is 0 Å². The summed E-state index contributed by atoms with van der Waals surface area (Å²) in [4.78, 5) is 29.8. The number of pyridine rings is 1. The Kier molecular flexibility index (Phi) is 6.35. The standard InChI is InChI=1S/C27H29N3O2/c1-19(29-26(32)27(2)15-6-3-7-16-27)18-20-10-12-21(13-11-20)30-25(31)23-14-17-28-24-9-5-4-8-22(23)24/h4-6,8-15,17,19H,3,7,16,18H2,1-2H3,(H,29,32)(H,30,31)/t19-,27?/m1/s1. The molecule has 0 radical (unpaired) electrons. The summed E-state index contributed by atoms with van der Waals surface area (Å²) in [5.41, 5.74) is 2.83. The maximum absolute atomic E-state index is 12.8. The minimum absolute atomic E-state index is 0.0262. The second kappa shape index (κ2) is 9.35. The van der Waals surface area contributed by atoms with Gasteiger partial charge in [-0.2, -0.15) is 0 Å². The number of nitrogens with one attached hydrogen (secondary N) is 2. The Morgan fingerprint density at radius 1 is 1.09 bits per heavy atom. The van der Waals surface area contributed by atoms with Gasteiger partial charge in [-0.25, -0.2) is 0 Å². The molecule has 1 unspecified atom stereocenters. The largest absolute Gasteiger partial charge is 0.353 e. The summed E-state index contributed by atoms with van der Waals surface area (Å²) in [5, 5.41) is 6.95. The summed E-state index contributed by atoms with van der Waals surface area (Å²) in [7, 11) is 0. The van der Waals surface area contributed by atoms with Crippen LogP contribution in [0.5, 0.6) is 0 Å². The molecule has 0 saturated carbocycles. The molecule has 5 nitrogen and oxygen atoms in total. The molecule has 2 aromatic carbocycles. The van der Waals surface area contributed by atoms with E-state index in [1.807, 2.05) is 68.5 Å². The predicted octanol–water partition coefficient (Wildman–Crippen LogP) is 5.28. The highest BCUT2D eigenvalue weighted by atomic mass is 16.2. The van der Waals surface area contributed by atoms with Crippen LogP contribution >= 0.6 is 0 Å². The second-order valence-corrected chi connectivity index (χ2v) is 8.82. The first-order chi connectivity index (χ1) is 15.4. The van der Waals surface area contributed by atoms with Gasteiger partial charge in [0.1, 0.15) is 0 Å². The first-order valence-electron chi connectivity index (χ1n) is 11.2. The van der Waals surface area contributed by atoms with E-state index < -0.39 is 5.41 Å². The fourth-order valence-corrected chi connectivity index (χ4v) is 4.21. The van der Waals surface area contributed by atoms with Crippen molar-refractivity contribution in [2.24, 2.45) is 5.41 Å². The van der Waals surface area contributed by atoms with Crippen molar-refractivity contribution < 1.29 is 9.59 Å². The highest BCUT2D eigenvalue weighted by Crippen LogP contribution is 2.30. The van der Waals surface area contributed by atoms with Crippen molar-refractivity contribution in [3.63, 3.8) is 0 Å². The molecule has 1 aliphatic rings. The summed E-state index contributed by atoms with van der Waals surface area (Å²) in [6, 6.07) is 17.1. The lowest BCUT2D eigenvalue weighted by Gasteiger charge is -2.29. The Labute approximate surface area is 188 Å². The van der Waals surface area contributed by atoms with E-state index in [0.717, 1.165) is 47.8 Å². The molecule has 164 valence electrons. The number of allylic oxidation sites excluding steroid dienone is 1. The molecule has 0 fully saturated rings. The zero-order valence-corrected chi connectivity index (χ0v) is 18.6. The molecule has 0 aliphatic heterocycles. The zero-order valence-electron chi connectivity index (χ0n) is 18.6. The van der Waals surface area contributed by atoms with Crippen LogP contribution in [-0.4, -0.2) is 22.8 Å². The third-order valence-electron chi connectivity index (χ3n) is 6.10. The van der Waals surface area contributed by atoms with Gasteiger partial charge in [0.2, 0.25) is 5.91 Å². The molecular weight excluding hydrogens is 398 g/mol. The number of hydrogen-bond acceptors (Lipinski definition) is 3. The SMILES string of the molecule is C[C@H](Cc1ccc(NC(=O)c2ccnc3ccccc23)cc1)NC(=O)C1(C)C=CCCC1. The van der Waals surface area contributed by atoms with E-state index in [-0.39, 0.29) is 17.9 Å². The van der Waals surface area contributed by atoms with Crippen LogP contribution in [-0.2, 0) is 11.2 Å². The van der Waals surface area contributed by atoms with Crippen LogP contribution in [0, 0.1) is 5.41 Å². The number of carbonyl (C=O) groups is 2. The number of fused-ring (bicyclic) bond motifs is 1. The molecule has 4 rings (SSSR count). The minimum atomic E-state index is -0.405. The number of amides is 2. The number of hydrogen-bond donors (Lipinski definition) is 2. The van der Waals surface area contributed by atoms with Crippen molar-refractivity contribution in [1.29, 1.82) is 0 Å². The summed E-state index contributed by atoms with van der Waals surface area (Å²) in [5.74, 6) is -0.0693. The normalized spacial score (nSPS) is 18.8. The molecule has 2 atom stereocenters. The van der Waals surface area contributed by atoms with E-state index in [4.69, 9.17) is 0 Å². The van der Waals surface area contributed by atoms with Crippen molar-refractivity contribution >= 4 is 28.4 Å². The van der Waals surface area contributed by atoms with Gasteiger partial charge in [-0.3, -0.25) is 14.6 Å². The van der Waals surface area contributed by atoms with Gasteiger partial charge < -0.3 is 10.6 Å². The van der Waals surface area contributed by atoms with E-state index in [1.165, 1.54) is 0 Å². The summed E-state index contributed by atoms with van der Waals surface area (Å²) < 4.78 is 0. The number of aromatic nitrogens is 1. The van der Waals surface area contributed by atoms with Crippen LogP contribution in [0.4, 0.5) is 5.69 Å². The molecule has 2 amide bonds. The Morgan fingerprint density at radius 3 is 2.62 bits per heavy atom. The van der Waals surface area contributed by atoms with E-state index in [1.54, 1.807) is 12.3 Å². The number of para-hydroxylation sites is 1. The van der Waals surface area contributed by atoms with E-state index in [9.17, 15) is 9.59 Å². The molecule has 5 heteroatoms. The average Bonchev–Trinajstić information content (AvgIpc) is 2.80. The summed E-state index contributed by atoms with van der Waals surface area (Å²) in [6.45, 7) is 4.03. The topological polar surface area (TPSA) is 71.1 Å². The minimum Gasteiger partial charge on any atom is -0.353 e. The first-order valence-corrected chi connectivity index (χ1v) is 11.2. The highest BCUT2D eigenvalue weighted by molar-refractivity contribution is 6.12. The lowest BCUT2D eigenvalue weighted by molar-refractivity contribution is -0.129. The maximum Gasteiger partial charge on any atom is 0.256 e. The molecule has 3 aromatic rings. The van der Waals surface area contributed by atoms with Gasteiger partial charge in [0, 0.05) is 23.3 Å². The maximum atomic E-state index is 12.8. The van der Waals surface area contributed by atoms with Gasteiger partial charge in [0.05, 0.1) is 16.5 Å². The third-order valence-corrected chi connectivity index (χ3v) is 6.10. The van der Waals surface area contributed by atoms with Gasteiger partial charge in [0.25, 0.3) is 5.91 Å². The van der Waals surface area contributed by atoms with Crippen molar-refractivity contribution in [3.8, 4) is 0 Å². The lowest BCUT2D eigenvalue weighted by Crippen LogP contribution is -2.43. The lowest BCUT2D eigenvalue weighted by atomic mass is 9.80. The number of rotatable bonds is 6. The van der Waals surface area contributed by atoms with Crippen molar-refractivity contribution in [2.75, 3.05) is 5.32 Å². The summed E-state index contributed by atoms with van der Waals surface area (Å²) in [6.07, 6.45) is 9.53. The molecule has 0 bridgehead atoms. The van der Waals surface area contributed by atoms with Crippen LogP contribution in [0.15, 0.2) is 72.9 Å². The van der Waals surface area contributed by atoms with Crippen molar-refractivity contribution in [2.45, 2.75) is 45.6 Å². The fourth-order valence-electron chi connectivity index (χ4n) is 4.21. The smallest absolute Gasteiger partial charge is 0.256 e. The van der Waals surface area contributed by atoms with Crippen LogP contribution < -0.4 is 10.6 Å². The number of carbonyl (C=O) groups excluding carboxylic acids is 2. The van der Waals surface area contributed by atoms with Crippen LogP contribution in [0.25, 0.3) is 10.9 Å². The van der Waals surface area contributed by atoms with Crippen LogP contribution in [0.3, 0.4) is 0 Å². The van der Waals surface area contributed by atoms with E-state index in [2.05, 4.69) is 21.7 Å². The Bertz CT molecular complexity index is 1150. The van der Waals surface area contributed by atoms with Gasteiger partial charge in [-0.05, 0) is 69.4 Å². The molecule has 32 heavy (non-hydrogen) atoms. The zero-order chi connectivity index (χ0) is 22.6. The first kappa shape index (κ1) is 21.8. The number of anilines is 1. The molecule has 0 spiro atoms. The molecule has 1 aromatic heterocycles. The average molecular weight is 428 g/mol. The Morgan fingerprint density at radius 2 is 1.88 bits per heavy atom. The third kappa shape index (κ3) is 4.88.